The third-order valence-electron chi connectivity index (χ3n) is 6.52. The average molecular weight is 724 g/mol. The minimum absolute atomic E-state index is 0. The Balaban J connectivity index is 0.000000815. The first-order chi connectivity index (χ1) is 19.5. The zero-order valence-electron chi connectivity index (χ0n) is 23.8. The van der Waals surface area contributed by atoms with Crippen LogP contribution in [0.3, 0.4) is 0 Å². The summed E-state index contributed by atoms with van der Waals surface area (Å²) in [7, 11) is -4.21. The van der Waals surface area contributed by atoms with Crippen molar-refractivity contribution >= 4 is 19.5 Å². The molecular weight excluding hydrogens is 680 g/mol. The van der Waals surface area contributed by atoms with Gasteiger partial charge in [-0.25, -0.2) is 0 Å². The SMILES string of the molecule is CCCOC1OC(CCP(=O)(O)O)C(O)C(O)C1O.[CH2-]CCCCOC1OC(CC(C(=O)O)C(=O)O)C(O)C(O)C1O.[Y]. The van der Waals surface area contributed by atoms with E-state index in [0.717, 1.165) is 6.42 Å². The molecule has 2 aliphatic heterocycles. The summed E-state index contributed by atoms with van der Waals surface area (Å²) in [5.41, 5.74) is 0. The maximum atomic E-state index is 10.9. The van der Waals surface area contributed by atoms with Gasteiger partial charge in [-0.2, -0.15) is 6.42 Å². The van der Waals surface area contributed by atoms with Crippen LogP contribution in [0.15, 0.2) is 0 Å². The molecule has 2 aliphatic rings. The van der Waals surface area contributed by atoms with Crippen molar-refractivity contribution in [2.75, 3.05) is 19.4 Å². The number of hydrogen-bond donors (Lipinski definition) is 10. The number of ether oxygens (including phenoxy) is 4. The fourth-order valence-corrected chi connectivity index (χ4v) is 4.68. The average Bonchev–Trinajstić information content (AvgIpc) is 2.91. The monoisotopic (exact) mass is 724 g/mol. The van der Waals surface area contributed by atoms with E-state index in [1.54, 1.807) is 0 Å². The Morgan fingerprint density at radius 3 is 1.70 bits per heavy atom. The third kappa shape index (κ3) is 14.4. The van der Waals surface area contributed by atoms with Gasteiger partial charge >= 0.3 is 19.5 Å². The summed E-state index contributed by atoms with van der Waals surface area (Å²) in [5.74, 6) is -4.97. The van der Waals surface area contributed by atoms with Crippen LogP contribution in [-0.4, -0.2) is 143 Å². The molecule has 10 atom stereocenters. The Hall–Kier alpha value is -0.206. The Kier molecular flexibility index (Phi) is 20.7. The van der Waals surface area contributed by atoms with E-state index in [9.17, 15) is 44.8 Å². The van der Waals surface area contributed by atoms with Crippen molar-refractivity contribution in [2.45, 2.75) is 107 Å². The number of hydrogen-bond acceptors (Lipinski definition) is 13. The standard InChI is InChI=1S/C14H23O9.C10H21O8P.Y/c1-2-3-4-5-22-14-11(17)10(16)9(15)8(23-14)6-7(12(18)19)13(20)21;1-2-4-17-10-9(13)8(12)7(11)6(18-10)3-5-19(14,15)16;/h7-11,14-17H,1-6H2,(H,18,19)(H,20,21);6-13H,2-5H2,1H3,(H2,14,15,16);/q-1;;. The van der Waals surface area contributed by atoms with Crippen LogP contribution in [0.1, 0.15) is 45.4 Å². The molecule has 0 aromatic heterocycles. The van der Waals surface area contributed by atoms with Crippen molar-refractivity contribution in [1.29, 1.82) is 0 Å². The molecule has 0 aromatic carbocycles. The Morgan fingerprint density at radius 1 is 0.791 bits per heavy atom. The molecule has 10 N–H and O–H groups in total. The second-order valence-corrected chi connectivity index (χ2v) is 11.7. The number of aliphatic hydroxyl groups excluding tert-OH is 6. The molecule has 0 saturated carbocycles. The summed E-state index contributed by atoms with van der Waals surface area (Å²) >= 11 is 0. The van der Waals surface area contributed by atoms with Gasteiger partial charge in [0.2, 0.25) is 0 Å². The van der Waals surface area contributed by atoms with Crippen LogP contribution in [-0.2, 0) is 65.8 Å². The van der Waals surface area contributed by atoms with Gasteiger partial charge in [0.15, 0.2) is 18.5 Å². The second-order valence-electron chi connectivity index (χ2n) is 9.97. The fourth-order valence-electron chi connectivity index (χ4n) is 4.09. The zero-order valence-corrected chi connectivity index (χ0v) is 27.5. The van der Waals surface area contributed by atoms with Crippen molar-refractivity contribution in [3.63, 3.8) is 0 Å². The predicted molar refractivity (Wildman–Crippen MR) is 140 cm³/mol. The van der Waals surface area contributed by atoms with Gasteiger partial charge in [0.25, 0.3) is 0 Å². The minimum atomic E-state index is -4.21. The van der Waals surface area contributed by atoms with Crippen molar-refractivity contribution in [1.82, 2.24) is 0 Å². The molecule has 2 rings (SSSR count). The minimum Gasteiger partial charge on any atom is -0.481 e. The van der Waals surface area contributed by atoms with E-state index in [4.69, 9.17) is 38.9 Å². The van der Waals surface area contributed by atoms with E-state index in [2.05, 4.69) is 6.92 Å². The summed E-state index contributed by atoms with van der Waals surface area (Å²) in [4.78, 5) is 39.4. The van der Waals surface area contributed by atoms with Gasteiger partial charge in [-0.3, -0.25) is 14.2 Å². The molecule has 0 aliphatic carbocycles. The van der Waals surface area contributed by atoms with Gasteiger partial charge in [-0.05, 0) is 19.3 Å². The van der Waals surface area contributed by atoms with E-state index in [1.807, 2.05) is 6.92 Å². The molecule has 19 heteroatoms. The molecule has 17 nitrogen and oxygen atoms in total. The number of rotatable bonds is 15. The normalized spacial score (nSPS) is 32.8. The first kappa shape index (κ1) is 42.8. The van der Waals surface area contributed by atoms with Gasteiger partial charge in [-0.15, -0.1) is 0 Å². The zero-order chi connectivity index (χ0) is 32.2. The van der Waals surface area contributed by atoms with Crippen LogP contribution in [0.5, 0.6) is 0 Å². The van der Waals surface area contributed by atoms with Crippen LogP contribution in [0.2, 0.25) is 0 Å². The summed E-state index contributed by atoms with van der Waals surface area (Å²) in [5, 5.41) is 76.3. The number of carbonyl (C=O) groups is 2. The third-order valence-corrected chi connectivity index (χ3v) is 7.36. The van der Waals surface area contributed by atoms with Crippen molar-refractivity contribution in [3.8, 4) is 0 Å². The molecule has 0 amide bonds. The van der Waals surface area contributed by atoms with E-state index >= 15 is 0 Å². The molecule has 2 fully saturated rings. The van der Waals surface area contributed by atoms with Gasteiger partial charge < -0.3 is 76.5 Å². The first-order valence-corrected chi connectivity index (χ1v) is 15.3. The second kappa shape index (κ2) is 20.8. The molecule has 251 valence electrons. The first-order valence-electron chi connectivity index (χ1n) is 13.5. The van der Waals surface area contributed by atoms with E-state index in [0.29, 0.717) is 25.9 Å². The summed E-state index contributed by atoms with van der Waals surface area (Å²) in [6, 6.07) is 0. The topological polar surface area (TPSA) is 290 Å². The summed E-state index contributed by atoms with van der Waals surface area (Å²) in [6.07, 6.45) is -12.1. The fraction of sp³-hybridized carbons (Fsp3) is 0.875. The van der Waals surface area contributed by atoms with Crippen LogP contribution >= 0.6 is 7.60 Å². The van der Waals surface area contributed by atoms with E-state index < -0.39 is 99.4 Å². The number of unbranched alkanes of at least 4 members (excludes halogenated alkanes) is 2. The van der Waals surface area contributed by atoms with Gasteiger partial charge in [-0.1, -0.05) is 13.3 Å². The maximum absolute atomic E-state index is 10.9. The summed E-state index contributed by atoms with van der Waals surface area (Å²) in [6.45, 7) is 6.03. The van der Waals surface area contributed by atoms with Crippen LogP contribution < -0.4 is 0 Å². The molecule has 1 radical (unpaired) electrons. The molecule has 10 unspecified atom stereocenters. The van der Waals surface area contributed by atoms with Gasteiger partial charge in [0.1, 0.15) is 36.6 Å². The Labute approximate surface area is 274 Å². The quantitative estimate of drug-likeness (QED) is 0.0370. The molecule has 2 saturated heterocycles. The molecule has 0 aromatic rings. The largest absolute Gasteiger partial charge is 0.481 e. The number of aliphatic hydroxyl groups is 6. The smallest absolute Gasteiger partial charge is 0.325 e. The van der Waals surface area contributed by atoms with Gasteiger partial charge in [0.05, 0.1) is 18.4 Å². The Bertz CT molecular complexity index is 848. The number of carboxylic acids is 2. The van der Waals surface area contributed by atoms with E-state index in [-0.39, 0.29) is 45.7 Å². The molecule has 43 heavy (non-hydrogen) atoms. The van der Waals surface area contributed by atoms with Crippen molar-refractivity contribution < 1.29 is 116 Å². The van der Waals surface area contributed by atoms with Gasteiger partial charge in [0, 0.05) is 52.3 Å². The molecule has 0 bridgehead atoms. The van der Waals surface area contributed by atoms with E-state index in [1.165, 1.54) is 0 Å². The number of aliphatic carboxylic acids is 2. The van der Waals surface area contributed by atoms with Crippen molar-refractivity contribution in [3.05, 3.63) is 6.92 Å². The number of carboxylic acid groups (broad SMARTS) is 2. The van der Waals surface area contributed by atoms with Crippen molar-refractivity contribution in [2.24, 2.45) is 5.92 Å². The summed E-state index contributed by atoms with van der Waals surface area (Å²) < 4.78 is 31.8. The van der Waals surface area contributed by atoms with Crippen LogP contribution in [0.25, 0.3) is 0 Å². The molecule has 0 spiro atoms. The van der Waals surface area contributed by atoms with Crippen LogP contribution in [0.4, 0.5) is 0 Å². The van der Waals surface area contributed by atoms with Crippen LogP contribution in [0, 0.1) is 12.8 Å². The predicted octanol–water partition coefficient (Wildman–Crippen LogP) is -2.22. The maximum Gasteiger partial charge on any atom is 0.325 e. The molecular formula is C24H44O17PY-. The Morgan fingerprint density at radius 2 is 1.26 bits per heavy atom. The molecule has 2 heterocycles.